The van der Waals surface area contributed by atoms with Crippen LogP contribution in [0.15, 0.2) is 29.6 Å². The van der Waals surface area contributed by atoms with Crippen LogP contribution in [-0.2, 0) is 18.3 Å². The van der Waals surface area contributed by atoms with Gasteiger partial charge in [0, 0.05) is 17.6 Å². The SMILES string of the molecule is Cc1ccc2c(NC(=O)Cc3cccs3)nn(C)c2n1. The third kappa shape index (κ3) is 2.42. The lowest BCUT2D eigenvalue weighted by molar-refractivity contribution is -0.115. The first-order valence-corrected chi connectivity index (χ1v) is 7.14. The van der Waals surface area contributed by atoms with Crippen LogP contribution in [0.3, 0.4) is 0 Å². The van der Waals surface area contributed by atoms with E-state index in [2.05, 4.69) is 15.4 Å². The van der Waals surface area contributed by atoms with Crippen molar-refractivity contribution in [3.63, 3.8) is 0 Å². The van der Waals surface area contributed by atoms with E-state index < -0.39 is 0 Å². The smallest absolute Gasteiger partial charge is 0.230 e. The number of aromatic nitrogens is 3. The van der Waals surface area contributed by atoms with Gasteiger partial charge in [0.05, 0.1) is 11.8 Å². The van der Waals surface area contributed by atoms with Crippen LogP contribution in [0, 0.1) is 6.92 Å². The normalized spacial score (nSPS) is 10.9. The van der Waals surface area contributed by atoms with Crippen molar-refractivity contribution >= 4 is 34.1 Å². The van der Waals surface area contributed by atoms with Gasteiger partial charge < -0.3 is 5.32 Å². The number of nitrogens with zero attached hydrogens (tertiary/aromatic N) is 3. The van der Waals surface area contributed by atoms with E-state index in [0.717, 1.165) is 21.6 Å². The number of pyridine rings is 1. The molecule has 0 atom stereocenters. The molecule has 0 bridgehead atoms. The zero-order valence-corrected chi connectivity index (χ0v) is 12.1. The van der Waals surface area contributed by atoms with E-state index in [9.17, 15) is 4.79 Å². The minimum Gasteiger partial charge on any atom is -0.308 e. The van der Waals surface area contributed by atoms with Gasteiger partial charge in [0.1, 0.15) is 0 Å². The molecule has 0 aromatic carbocycles. The Morgan fingerprint density at radius 3 is 3.00 bits per heavy atom. The lowest BCUT2D eigenvalue weighted by atomic mass is 10.3. The van der Waals surface area contributed by atoms with Gasteiger partial charge in [-0.3, -0.25) is 4.79 Å². The highest BCUT2D eigenvalue weighted by Gasteiger charge is 2.13. The summed E-state index contributed by atoms with van der Waals surface area (Å²) in [5, 5.41) is 10.0. The second-order valence-corrected chi connectivity index (χ2v) is 5.63. The largest absolute Gasteiger partial charge is 0.308 e. The number of thiophene rings is 1. The average molecular weight is 286 g/mol. The first kappa shape index (κ1) is 12.8. The standard InChI is InChI=1S/C14H14N4OS/c1-9-5-6-11-13(17-18(2)14(11)15-9)16-12(19)8-10-4-3-7-20-10/h3-7H,8H2,1-2H3,(H,16,17,19). The number of carbonyl (C=O) groups is 1. The topological polar surface area (TPSA) is 59.8 Å². The van der Waals surface area contributed by atoms with E-state index in [4.69, 9.17) is 0 Å². The minimum atomic E-state index is -0.0620. The third-order valence-corrected chi connectivity index (χ3v) is 3.88. The number of hydrogen-bond acceptors (Lipinski definition) is 4. The number of anilines is 1. The van der Waals surface area contributed by atoms with E-state index in [1.807, 2.05) is 43.6 Å². The van der Waals surface area contributed by atoms with Gasteiger partial charge in [-0.15, -0.1) is 11.3 Å². The molecule has 0 aliphatic carbocycles. The van der Waals surface area contributed by atoms with E-state index in [1.54, 1.807) is 16.0 Å². The Labute approximate surface area is 120 Å². The van der Waals surface area contributed by atoms with Gasteiger partial charge in [0.25, 0.3) is 0 Å². The monoisotopic (exact) mass is 286 g/mol. The molecule has 0 fully saturated rings. The number of fused-ring (bicyclic) bond motifs is 1. The molecule has 0 unspecified atom stereocenters. The van der Waals surface area contributed by atoms with E-state index in [0.29, 0.717) is 12.2 Å². The molecule has 0 radical (unpaired) electrons. The second-order valence-electron chi connectivity index (χ2n) is 4.60. The number of aryl methyl sites for hydroxylation is 2. The zero-order valence-electron chi connectivity index (χ0n) is 11.3. The molecule has 3 aromatic rings. The summed E-state index contributed by atoms with van der Waals surface area (Å²) in [7, 11) is 1.82. The fourth-order valence-electron chi connectivity index (χ4n) is 2.07. The predicted octanol–water partition coefficient (Wildman–Crippen LogP) is 2.52. The van der Waals surface area contributed by atoms with Crippen molar-refractivity contribution in [2.24, 2.45) is 7.05 Å². The molecule has 0 aliphatic heterocycles. The number of rotatable bonds is 3. The van der Waals surface area contributed by atoms with E-state index in [1.165, 1.54) is 0 Å². The van der Waals surface area contributed by atoms with Crippen molar-refractivity contribution in [2.45, 2.75) is 13.3 Å². The number of carbonyl (C=O) groups excluding carboxylic acids is 1. The molecule has 0 spiro atoms. The highest BCUT2D eigenvalue weighted by atomic mass is 32.1. The van der Waals surface area contributed by atoms with Crippen molar-refractivity contribution in [3.05, 3.63) is 40.2 Å². The average Bonchev–Trinajstić information content (AvgIpc) is 2.99. The van der Waals surface area contributed by atoms with Crippen LogP contribution in [0.5, 0.6) is 0 Å². The molecule has 0 saturated carbocycles. The van der Waals surface area contributed by atoms with Gasteiger partial charge in [-0.2, -0.15) is 5.10 Å². The highest BCUT2D eigenvalue weighted by Crippen LogP contribution is 2.21. The Bertz CT molecular complexity index is 761. The maximum Gasteiger partial charge on any atom is 0.230 e. The van der Waals surface area contributed by atoms with Crippen LogP contribution in [0.25, 0.3) is 11.0 Å². The summed E-state index contributed by atoms with van der Waals surface area (Å²) >= 11 is 1.57. The number of amides is 1. The summed E-state index contributed by atoms with van der Waals surface area (Å²) in [6.07, 6.45) is 0.370. The van der Waals surface area contributed by atoms with Gasteiger partial charge in [-0.25, -0.2) is 9.67 Å². The van der Waals surface area contributed by atoms with Gasteiger partial charge in [0.15, 0.2) is 11.5 Å². The third-order valence-electron chi connectivity index (χ3n) is 3.00. The molecule has 0 saturated heterocycles. The molecule has 3 heterocycles. The Hall–Kier alpha value is -2.21. The van der Waals surface area contributed by atoms with Crippen molar-refractivity contribution < 1.29 is 4.79 Å². The zero-order chi connectivity index (χ0) is 14.1. The maximum atomic E-state index is 12.0. The van der Waals surface area contributed by atoms with Crippen LogP contribution < -0.4 is 5.32 Å². The highest BCUT2D eigenvalue weighted by molar-refractivity contribution is 7.10. The summed E-state index contributed by atoms with van der Waals surface area (Å²) in [5.74, 6) is 0.504. The van der Waals surface area contributed by atoms with Gasteiger partial charge in [0.2, 0.25) is 5.91 Å². The van der Waals surface area contributed by atoms with Crippen LogP contribution in [0.4, 0.5) is 5.82 Å². The lowest BCUT2D eigenvalue weighted by Crippen LogP contribution is -2.14. The van der Waals surface area contributed by atoms with Crippen molar-refractivity contribution in [1.82, 2.24) is 14.8 Å². The Balaban J connectivity index is 1.86. The molecular formula is C14H14N4OS. The molecule has 3 aromatic heterocycles. The van der Waals surface area contributed by atoms with Crippen LogP contribution in [0.2, 0.25) is 0 Å². The van der Waals surface area contributed by atoms with E-state index >= 15 is 0 Å². The first-order chi connectivity index (χ1) is 9.63. The van der Waals surface area contributed by atoms with Gasteiger partial charge >= 0.3 is 0 Å². The summed E-state index contributed by atoms with van der Waals surface area (Å²) in [6.45, 7) is 1.93. The van der Waals surface area contributed by atoms with Crippen molar-refractivity contribution in [1.29, 1.82) is 0 Å². The minimum absolute atomic E-state index is 0.0620. The molecule has 1 N–H and O–H groups in total. The van der Waals surface area contributed by atoms with Crippen molar-refractivity contribution in [3.8, 4) is 0 Å². The Morgan fingerprint density at radius 2 is 2.25 bits per heavy atom. The Kier molecular flexibility index (Phi) is 3.23. The summed E-state index contributed by atoms with van der Waals surface area (Å²) in [5.41, 5.74) is 1.70. The lowest BCUT2D eigenvalue weighted by Gasteiger charge is -2.01. The van der Waals surface area contributed by atoms with Crippen LogP contribution in [-0.4, -0.2) is 20.7 Å². The molecule has 20 heavy (non-hydrogen) atoms. The fourth-order valence-corrected chi connectivity index (χ4v) is 2.77. The maximum absolute atomic E-state index is 12.0. The predicted molar refractivity (Wildman–Crippen MR) is 79.9 cm³/mol. The number of hydrogen-bond donors (Lipinski definition) is 1. The van der Waals surface area contributed by atoms with Crippen LogP contribution >= 0.6 is 11.3 Å². The van der Waals surface area contributed by atoms with E-state index in [-0.39, 0.29) is 5.91 Å². The molecule has 1 amide bonds. The fraction of sp³-hybridized carbons (Fsp3) is 0.214. The molecular weight excluding hydrogens is 272 g/mol. The molecule has 5 nitrogen and oxygen atoms in total. The molecule has 102 valence electrons. The summed E-state index contributed by atoms with van der Waals surface area (Å²) in [4.78, 5) is 17.5. The molecule has 6 heteroatoms. The second kappa shape index (κ2) is 5.05. The summed E-state index contributed by atoms with van der Waals surface area (Å²) in [6, 6.07) is 7.74. The summed E-state index contributed by atoms with van der Waals surface area (Å²) < 4.78 is 1.68. The van der Waals surface area contributed by atoms with Crippen LogP contribution in [0.1, 0.15) is 10.6 Å². The number of nitrogens with one attached hydrogen (secondary N) is 1. The first-order valence-electron chi connectivity index (χ1n) is 6.26. The Morgan fingerprint density at radius 1 is 1.40 bits per heavy atom. The van der Waals surface area contributed by atoms with Gasteiger partial charge in [-0.1, -0.05) is 6.07 Å². The van der Waals surface area contributed by atoms with Gasteiger partial charge in [-0.05, 0) is 30.5 Å². The van der Waals surface area contributed by atoms with Crippen molar-refractivity contribution in [2.75, 3.05) is 5.32 Å². The molecule has 0 aliphatic rings. The molecule has 3 rings (SSSR count). The quantitative estimate of drug-likeness (QED) is 0.805.